The molecule has 0 rings (SSSR count). The van der Waals surface area contributed by atoms with Crippen LogP contribution in [0.25, 0.3) is 0 Å². The van der Waals surface area contributed by atoms with Crippen LogP contribution in [0.5, 0.6) is 0 Å². The Kier molecular flexibility index (Phi) is 13.1. The second kappa shape index (κ2) is 13.5. The van der Waals surface area contributed by atoms with Gasteiger partial charge >= 0.3 is 0 Å². The first-order valence-electron chi connectivity index (χ1n) is 6.56. The standard InChI is InChI=1S/C14H27N/c1-3-5-6-7-8-9-10-11-12-14-15-13-4-2/h2,15H,3,5-14H2,1H3. The molecule has 0 aliphatic carbocycles. The van der Waals surface area contributed by atoms with Gasteiger partial charge in [0.25, 0.3) is 0 Å². The zero-order chi connectivity index (χ0) is 11.2. The van der Waals surface area contributed by atoms with Crippen molar-refractivity contribution in [1.29, 1.82) is 0 Å². The van der Waals surface area contributed by atoms with Crippen molar-refractivity contribution in [3.05, 3.63) is 0 Å². The zero-order valence-corrected chi connectivity index (χ0v) is 10.4. The molecule has 15 heavy (non-hydrogen) atoms. The molecule has 0 aliphatic rings. The summed E-state index contributed by atoms with van der Waals surface area (Å²) >= 11 is 0. The van der Waals surface area contributed by atoms with Gasteiger partial charge in [-0.15, -0.1) is 6.42 Å². The van der Waals surface area contributed by atoms with E-state index >= 15 is 0 Å². The maximum absolute atomic E-state index is 5.14. The lowest BCUT2D eigenvalue weighted by molar-refractivity contribution is 0.556. The van der Waals surface area contributed by atoms with E-state index in [0.717, 1.165) is 13.1 Å². The van der Waals surface area contributed by atoms with Gasteiger partial charge in [0, 0.05) is 0 Å². The SMILES string of the molecule is C#CCNCCCCCCCCCCC. The Balaban J connectivity index is 2.84. The van der Waals surface area contributed by atoms with Crippen molar-refractivity contribution in [3.63, 3.8) is 0 Å². The summed E-state index contributed by atoms with van der Waals surface area (Å²) in [6.07, 6.45) is 17.6. The van der Waals surface area contributed by atoms with Gasteiger partial charge in [-0.3, -0.25) is 0 Å². The van der Waals surface area contributed by atoms with E-state index in [-0.39, 0.29) is 0 Å². The minimum Gasteiger partial charge on any atom is -0.306 e. The highest BCUT2D eigenvalue weighted by Crippen LogP contribution is 2.08. The number of hydrogen-bond donors (Lipinski definition) is 1. The summed E-state index contributed by atoms with van der Waals surface area (Å²) in [5, 5.41) is 3.22. The van der Waals surface area contributed by atoms with Gasteiger partial charge in [-0.05, 0) is 13.0 Å². The molecule has 0 bridgehead atoms. The molecule has 0 heterocycles. The number of unbranched alkanes of at least 4 members (excludes halogenated alkanes) is 8. The van der Waals surface area contributed by atoms with Crippen LogP contribution in [0.2, 0.25) is 0 Å². The third-order valence-corrected chi connectivity index (χ3v) is 2.68. The molecular weight excluding hydrogens is 182 g/mol. The summed E-state index contributed by atoms with van der Waals surface area (Å²) in [5.41, 5.74) is 0. The number of rotatable bonds is 11. The number of nitrogens with one attached hydrogen (secondary N) is 1. The summed E-state index contributed by atoms with van der Waals surface area (Å²) < 4.78 is 0. The molecule has 0 radical (unpaired) electrons. The van der Waals surface area contributed by atoms with Crippen LogP contribution in [0.4, 0.5) is 0 Å². The van der Waals surface area contributed by atoms with Crippen LogP contribution in [0, 0.1) is 12.3 Å². The highest BCUT2D eigenvalue weighted by Gasteiger charge is 1.91. The molecule has 0 amide bonds. The first kappa shape index (κ1) is 14.5. The maximum atomic E-state index is 5.14. The van der Waals surface area contributed by atoms with Gasteiger partial charge in [-0.2, -0.15) is 0 Å². The van der Waals surface area contributed by atoms with Crippen LogP contribution in [-0.2, 0) is 0 Å². The average Bonchev–Trinajstić information content (AvgIpc) is 2.26. The highest BCUT2D eigenvalue weighted by molar-refractivity contribution is 4.86. The van der Waals surface area contributed by atoms with Crippen molar-refractivity contribution in [3.8, 4) is 12.3 Å². The summed E-state index contributed by atoms with van der Waals surface area (Å²) in [5.74, 6) is 2.59. The molecule has 1 nitrogen and oxygen atoms in total. The largest absolute Gasteiger partial charge is 0.306 e. The van der Waals surface area contributed by atoms with Gasteiger partial charge in [-0.25, -0.2) is 0 Å². The van der Waals surface area contributed by atoms with Crippen molar-refractivity contribution in [2.45, 2.75) is 64.7 Å². The van der Waals surface area contributed by atoms with Gasteiger partial charge in [0.05, 0.1) is 6.54 Å². The summed E-state index contributed by atoms with van der Waals surface area (Å²) in [6, 6.07) is 0. The van der Waals surface area contributed by atoms with Crippen molar-refractivity contribution in [2.75, 3.05) is 13.1 Å². The Morgan fingerprint density at radius 3 is 1.93 bits per heavy atom. The Labute approximate surface area is 96.0 Å². The van der Waals surface area contributed by atoms with Crippen molar-refractivity contribution >= 4 is 0 Å². The topological polar surface area (TPSA) is 12.0 Å². The summed E-state index contributed by atoms with van der Waals surface area (Å²) in [7, 11) is 0. The van der Waals surface area contributed by atoms with Crippen LogP contribution in [-0.4, -0.2) is 13.1 Å². The molecule has 0 aromatic heterocycles. The van der Waals surface area contributed by atoms with E-state index in [0.29, 0.717) is 0 Å². The molecule has 0 aromatic carbocycles. The Morgan fingerprint density at radius 1 is 0.867 bits per heavy atom. The van der Waals surface area contributed by atoms with Gasteiger partial charge in [0.1, 0.15) is 0 Å². The molecule has 0 fully saturated rings. The molecule has 0 spiro atoms. The lowest BCUT2D eigenvalue weighted by atomic mass is 10.1. The van der Waals surface area contributed by atoms with E-state index < -0.39 is 0 Å². The summed E-state index contributed by atoms with van der Waals surface area (Å²) in [6.45, 7) is 4.07. The predicted molar refractivity (Wildman–Crippen MR) is 68.9 cm³/mol. The van der Waals surface area contributed by atoms with Gasteiger partial charge in [0.15, 0.2) is 0 Å². The predicted octanol–water partition coefficient (Wildman–Crippen LogP) is 3.74. The lowest BCUT2D eigenvalue weighted by Crippen LogP contribution is -2.14. The molecule has 1 N–H and O–H groups in total. The second-order valence-corrected chi connectivity index (χ2v) is 4.21. The van der Waals surface area contributed by atoms with E-state index in [4.69, 9.17) is 6.42 Å². The third kappa shape index (κ3) is 13.5. The Hall–Kier alpha value is -0.480. The zero-order valence-electron chi connectivity index (χ0n) is 10.4. The monoisotopic (exact) mass is 209 g/mol. The van der Waals surface area contributed by atoms with Crippen molar-refractivity contribution in [2.24, 2.45) is 0 Å². The molecule has 0 aliphatic heterocycles. The van der Waals surface area contributed by atoms with E-state index in [1.165, 1.54) is 57.8 Å². The van der Waals surface area contributed by atoms with Gasteiger partial charge < -0.3 is 5.32 Å². The third-order valence-electron chi connectivity index (χ3n) is 2.68. The van der Waals surface area contributed by atoms with Gasteiger partial charge in [-0.1, -0.05) is 64.2 Å². The molecule has 0 aromatic rings. The fourth-order valence-corrected chi connectivity index (χ4v) is 1.72. The molecule has 0 unspecified atom stereocenters. The van der Waals surface area contributed by atoms with Crippen LogP contribution >= 0.6 is 0 Å². The molecule has 0 saturated heterocycles. The maximum Gasteiger partial charge on any atom is 0.0573 e. The van der Waals surface area contributed by atoms with E-state index in [1.807, 2.05) is 0 Å². The molecule has 88 valence electrons. The quantitative estimate of drug-likeness (QED) is 0.404. The van der Waals surface area contributed by atoms with E-state index in [1.54, 1.807) is 0 Å². The molecule has 1 heteroatoms. The van der Waals surface area contributed by atoms with Crippen LogP contribution in [0.15, 0.2) is 0 Å². The fourth-order valence-electron chi connectivity index (χ4n) is 1.72. The normalized spacial score (nSPS) is 10.1. The van der Waals surface area contributed by atoms with Crippen LogP contribution < -0.4 is 5.32 Å². The smallest absolute Gasteiger partial charge is 0.0573 e. The van der Waals surface area contributed by atoms with Crippen molar-refractivity contribution < 1.29 is 0 Å². The lowest BCUT2D eigenvalue weighted by Gasteiger charge is -2.02. The van der Waals surface area contributed by atoms with Crippen molar-refractivity contribution in [1.82, 2.24) is 5.32 Å². The Morgan fingerprint density at radius 2 is 1.40 bits per heavy atom. The molecular formula is C14H27N. The number of hydrogen-bond acceptors (Lipinski definition) is 1. The average molecular weight is 209 g/mol. The number of terminal acetylenes is 1. The van der Waals surface area contributed by atoms with Crippen LogP contribution in [0.1, 0.15) is 64.7 Å². The molecule has 0 atom stereocenters. The summed E-state index contributed by atoms with van der Waals surface area (Å²) in [4.78, 5) is 0. The van der Waals surface area contributed by atoms with E-state index in [9.17, 15) is 0 Å². The first-order chi connectivity index (χ1) is 7.41. The second-order valence-electron chi connectivity index (χ2n) is 4.21. The first-order valence-corrected chi connectivity index (χ1v) is 6.56. The fraction of sp³-hybridized carbons (Fsp3) is 0.857. The van der Waals surface area contributed by atoms with E-state index in [2.05, 4.69) is 18.2 Å². The van der Waals surface area contributed by atoms with Crippen LogP contribution in [0.3, 0.4) is 0 Å². The highest BCUT2D eigenvalue weighted by atomic mass is 14.8. The molecule has 0 saturated carbocycles. The Bertz CT molecular complexity index is 146. The van der Waals surface area contributed by atoms with Gasteiger partial charge in [0.2, 0.25) is 0 Å². The minimum atomic E-state index is 0.719. The minimum absolute atomic E-state index is 0.719.